The van der Waals surface area contributed by atoms with Gasteiger partial charge in [0.1, 0.15) is 18.4 Å². The molecule has 0 heterocycles. The van der Waals surface area contributed by atoms with E-state index in [1.807, 2.05) is 51.1 Å². The Morgan fingerprint density at radius 3 is 2.11 bits per heavy atom. The number of halogens is 2. The molecule has 0 aliphatic heterocycles. The molecule has 0 aliphatic carbocycles. The van der Waals surface area contributed by atoms with E-state index < -0.39 is 40.2 Å². The lowest BCUT2D eigenvalue weighted by Crippen LogP contribution is -2.53. The molecule has 4 aromatic rings. The lowest BCUT2D eigenvalue weighted by Gasteiger charge is -2.34. The molecule has 2 amide bonds. The molecule has 7 nitrogen and oxygen atoms in total. The van der Waals surface area contributed by atoms with Crippen molar-refractivity contribution < 1.29 is 22.4 Å². The van der Waals surface area contributed by atoms with Crippen LogP contribution in [0.4, 0.5) is 10.1 Å². The summed E-state index contributed by atoms with van der Waals surface area (Å²) in [6, 6.07) is 27.2. The number of carbonyl (C=O) groups is 2. The Morgan fingerprint density at radius 1 is 0.867 bits per heavy atom. The predicted molar refractivity (Wildman–Crippen MR) is 179 cm³/mol. The number of rotatable bonds is 13. The monoisotopic (exact) mass is 693 g/mol. The number of anilines is 1. The lowest BCUT2D eigenvalue weighted by molar-refractivity contribution is -0.140. The minimum Gasteiger partial charge on any atom is -0.354 e. The number of carbonyl (C=O) groups excluding carboxylic acids is 2. The SMILES string of the molecule is Cc1ccc(S(=O)(=O)N(CC(=O)N(Cc2ccccc2F)[C@@H](Cc2ccccc2)C(=O)NCC(C)C)c2ccc(Br)cc2)cc1. The second-order valence-corrected chi connectivity index (χ2v) is 14.0. The largest absolute Gasteiger partial charge is 0.354 e. The molecule has 1 N–H and O–H groups in total. The molecule has 0 saturated heterocycles. The van der Waals surface area contributed by atoms with Crippen LogP contribution in [0.25, 0.3) is 0 Å². The van der Waals surface area contributed by atoms with Crippen molar-refractivity contribution in [2.45, 2.75) is 44.7 Å². The van der Waals surface area contributed by atoms with E-state index in [1.54, 1.807) is 54.6 Å². The van der Waals surface area contributed by atoms with E-state index in [0.29, 0.717) is 6.54 Å². The fourth-order valence-corrected chi connectivity index (χ4v) is 6.44. The first-order chi connectivity index (χ1) is 21.5. The topological polar surface area (TPSA) is 86.8 Å². The number of hydrogen-bond acceptors (Lipinski definition) is 4. The van der Waals surface area contributed by atoms with E-state index in [9.17, 15) is 18.0 Å². The Balaban J connectivity index is 1.80. The Labute approximate surface area is 273 Å². The van der Waals surface area contributed by atoms with E-state index in [2.05, 4.69) is 21.2 Å². The van der Waals surface area contributed by atoms with Crippen LogP contribution in [0.5, 0.6) is 0 Å². The van der Waals surface area contributed by atoms with Gasteiger partial charge in [-0.1, -0.05) is 96.0 Å². The zero-order chi connectivity index (χ0) is 32.6. The Bertz CT molecular complexity index is 1700. The number of aryl methyl sites for hydroxylation is 1. The van der Waals surface area contributed by atoms with Crippen LogP contribution in [0.3, 0.4) is 0 Å². The van der Waals surface area contributed by atoms with Gasteiger partial charge in [-0.25, -0.2) is 12.8 Å². The molecular weight excluding hydrogens is 657 g/mol. The van der Waals surface area contributed by atoms with Gasteiger partial charge in [-0.15, -0.1) is 0 Å². The predicted octanol–water partition coefficient (Wildman–Crippen LogP) is 6.50. The van der Waals surface area contributed by atoms with Crippen LogP contribution in [0.2, 0.25) is 0 Å². The second-order valence-electron chi connectivity index (χ2n) is 11.3. The van der Waals surface area contributed by atoms with Crippen LogP contribution < -0.4 is 9.62 Å². The summed E-state index contributed by atoms with van der Waals surface area (Å²) in [6.45, 7) is 5.29. The first-order valence-corrected chi connectivity index (χ1v) is 16.9. The summed E-state index contributed by atoms with van der Waals surface area (Å²) < 4.78 is 44.9. The summed E-state index contributed by atoms with van der Waals surface area (Å²) in [5.41, 5.74) is 2.15. The highest BCUT2D eigenvalue weighted by Gasteiger charge is 2.35. The summed E-state index contributed by atoms with van der Waals surface area (Å²) in [5.74, 6) is -1.45. The molecule has 0 unspecified atom stereocenters. The van der Waals surface area contributed by atoms with Crippen LogP contribution in [-0.2, 0) is 32.6 Å². The van der Waals surface area contributed by atoms with E-state index in [4.69, 9.17) is 0 Å². The Morgan fingerprint density at radius 2 is 1.49 bits per heavy atom. The fraction of sp³-hybridized carbons (Fsp3) is 0.257. The van der Waals surface area contributed by atoms with Crippen molar-refractivity contribution in [3.8, 4) is 0 Å². The maximum Gasteiger partial charge on any atom is 0.264 e. The van der Waals surface area contributed by atoms with Gasteiger partial charge in [0.25, 0.3) is 10.0 Å². The first-order valence-electron chi connectivity index (χ1n) is 14.6. The molecule has 1 atom stereocenters. The van der Waals surface area contributed by atoms with E-state index in [0.717, 1.165) is 19.9 Å². The van der Waals surface area contributed by atoms with Crippen LogP contribution >= 0.6 is 15.9 Å². The van der Waals surface area contributed by atoms with Crippen molar-refractivity contribution in [2.75, 3.05) is 17.4 Å². The average Bonchev–Trinajstić information content (AvgIpc) is 3.02. The summed E-state index contributed by atoms with van der Waals surface area (Å²) in [7, 11) is -4.22. The van der Waals surface area contributed by atoms with Gasteiger partial charge in [0.2, 0.25) is 11.8 Å². The highest BCUT2D eigenvalue weighted by molar-refractivity contribution is 9.10. The normalized spacial score (nSPS) is 12.0. The molecule has 0 aliphatic rings. The molecule has 0 saturated carbocycles. The highest BCUT2D eigenvalue weighted by atomic mass is 79.9. The van der Waals surface area contributed by atoms with Crippen LogP contribution in [0.1, 0.15) is 30.5 Å². The number of amides is 2. The Hall–Kier alpha value is -4.02. The molecule has 0 radical (unpaired) electrons. The van der Waals surface area contributed by atoms with Gasteiger partial charge >= 0.3 is 0 Å². The van der Waals surface area contributed by atoms with E-state index >= 15 is 4.39 Å². The van der Waals surface area contributed by atoms with Gasteiger partial charge < -0.3 is 10.2 Å². The van der Waals surface area contributed by atoms with Crippen molar-refractivity contribution in [2.24, 2.45) is 5.92 Å². The quantitative estimate of drug-likeness (QED) is 0.173. The summed E-state index contributed by atoms with van der Waals surface area (Å²) in [5, 5.41) is 2.93. The highest BCUT2D eigenvalue weighted by Crippen LogP contribution is 2.27. The van der Waals surface area contributed by atoms with Crippen molar-refractivity contribution in [3.05, 3.63) is 130 Å². The molecule has 4 aromatic carbocycles. The minimum atomic E-state index is -4.22. The van der Waals surface area contributed by atoms with Gasteiger partial charge in [0.05, 0.1) is 10.6 Å². The number of sulfonamides is 1. The summed E-state index contributed by atoms with van der Waals surface area (Å²) in [6.07, 6.45) is 0.147. The third-order valence-electron chi connectivity index (χ3n) is 7.26. The lowest BCUT2D eigenvalue weighted by atomic mass is 10.0. The van der Waals surface area contributed by atoms with Crippen molar-refractivity contribution in [3.63, 3.8) is 0 Å². The number of hydrogen-bond donors (Lipinski definition) is 1. The standard InChI is InChI=1S/C35H37BrFN3O4S/c1-25(2)22-38-35(42)33(21-27-9-5-4-6-10-27)39(23-28-11-7-8-12-32(28)37)34(41)24-40(30-17-15-29(36)16-18-30)45(43,44)31-19-13-26(3)14-20-31/h4-20,25,33H,21-24H2,1-3H3,(H,38,42)/t33-/m0/s1. The van der Waals surface area contributed by atoms with E-state index in [1.165, 1.54) is 23.1 Å². The van der Waals surface area contributed by atoms with Gasteiger partial charge in [0.15, 0.2) is 0 Å². The third kappa shape index (κ3) is 9.02. The molecule has 0 bridgehead atoms. The summed E-state index contributed by atoms with van der Waals surface area (Å²) >= 11 is 3.38. The number of benzene rings is 4. The molecule has 4 rings (SSSR count). The van der Waals surface area contributed by atoms with Crippen molar-refractivity contribution in [1.82, 2.24) is 10.2 Å². The second kappa shape index (κ2) is 15.3. The molecule has 236 valence electrons. The molecule has 0 fully saturated rings. The Kier molecular flexibility index (Phi) is 11.5. The maximum atomic E-state index is 15.0. The zero-order valence-electron chi connectivity index (χ0n) is 25.5. The molecule has 45 heavy (non-hydrogen) atoms. The van der Waals surface area contributed by atoms with Crippen molar-refractivity contribution in [1.29, 1.82) is 0 Å². The van der Waals surface area contributed by atoms with E-state index in [-0.39, 0.29) is 35.0 Å². The van der Waals surface area contributed by atoms with Gasteiger partial charge in [-0.3, -0.25) is 13.9 Å². The first kappa shape index (κ1) is 33.9. The van der Waals surface area contributed by atoms with Crippen LogP contribution in [0, 0.1) is 18.7 Å². The smallest absolute Gasteiger partial charge is 0.264 e. The van der Waals surface area contributed by atoms with Crippen LogP contribution in [-0.4, -0.2) is 44.3 Å². The molecular formula is C35H37BrFN3O4S. The number of nitrogens with zero attached hydrogens (tertiary/aromatic N) is 2. The minimum absolute atomic E-state index is 0.0139. The fourth-order valence-electron chi connectivity index (χ4n) is 4.76. The zero-order valence-corrected chi connectivity index (χ0v) is 27.9. The van der Waals surface area contributed by atoms with Gasteiger partial charge in [-0.05, 0) is 60.9 Å². The maximum absolute atomic E-state index is 15.0. The average molecular weight is 695 g/mol. The molecule has 0 aromatic heterocycles. The summed E-state index contributed by atoms with van der Waals surface area (Å²) in [4.78, 5) is 29.5. The van der Waals surface area contributed by atoms with Gasteiger partial charge in [-0.2, -0.15) is 0 Å². The molecule has 10 heteroatoms. The van der Waals surface area contributed by atoms with Crippen molar-refractivity contribution >= 4 is 43.5 Å². The van der Waals surface area contributed by atoms with Crippen LogP contribution in [0.15, 0.2) is 112 Å². The number of nitrogens with one attached hydrogen (secondary N) is 1. The van der Waals surface area contributed by atoms with Gasteiger partial charge in [0, 0.05) is 29.5 Å². The third-order valence-corrected chi connectivity index (χ3v) is 9.57. The molecule has 0 spiro atoms.